The standard InChI is InChI=1S/C23H32N2O5S/c1-15(2)19-7-9-20(10-8-19)30-18(5)23(26)24-11-12-25-31(27,28)22-14-17(4)16(3)13-21(22)29-6/h7-10,13-15,18,25H,11-12H2,1-6H3,(H,24,26). The Morgan fingerprint density at radius 3 is 2.19 bits per heavy atom. The Morgan fingerprint density at radius 1 is 1.00 bits per heavy atom. The molecule has 2 rings (SSSR count). The highest BCUT2D eigenvalue weighted by atomic mass is 32.2. The summed E-state index contributed by atoms with van der Waals surface area (Å²) in [5, 5.41) is 2.68. The van der Waals surface area contributed by atoms with Crippen molar-refractivity contribution < 1.29 is 22.7 Å². The zero-order chi connectivity index (χ0) is 23.2. The number of aryl methyl sites for hydroxylation is 2. The van der Waals surface area contributed by atoms with Crippen LogP contribution in [-0.4, -0.2) is 40.6 Å². The van der Waals surface area contributed by atoms with E-state index < -0.39 is 16.1 Å². The summed E-state index contributed by atoms with van der Waals surface area (Å²) in [6.07, 6.45) is -0.707. The van der Waals surface area contributed by atoms with E-state index in [2.05, 4.69) is 23.9 Å². The highest BCUT2D eigenvalue weighted by molar-refractivity contribution is 7.89. The van der Waals surface area contributed by atoms with Gasteiger partial charge in [0.05, 0.1) is 7.11 Å². The molecule has 2 aromatic carbocycles. The molecule has 1 atom stereocenters. The lowest BCUT2D eigenvalue weighted by atomic mass is 10.0. The maximum Gasteiger partial charge on any atom is 0.260 e. The summed E-state index contributed by atoms with van der Waals surface area (Å²) in [5.41, 5.74) is 2.98. The zero-order valence-corrected chi connectivity index (χ0v) is 19.8. The largest absolute Gasteiger partial charge is 0.495 e. The van der Waals surface area contributed by atoms with Gasteiger partial charge in [0.1, 0.15) is 16.4 Å². The number of benzene rings is 2. The van der Waals surface area contributed by atoms with E-state index in [-0.39, 0.29) is 29.6 Å². The fourth-order valence-electron chi connectivity index (χ4n) is 2.91. The molecule has 0 fully saturated rings. The first kappa shape index (κ1) is 24.7. The summed E-state index contributed by atoms with van der Waals surface area (Å²) >= 11 is 0. The fraction of sp³-hybridized carbons (Fsp3) is 0.435. The molecule has 2 aromatic rings. The first-order valence-corrected chi connectivity index (χ1v) is 11.7. The first-order chi connectivity index (χ1) is 14.5. The highest BCUT2D eigenvalue weighted by Crippen LogP contribution is 2.27. The topological polar surface area (TPSA) is 93.7 Å². The normalized spacial score (nSPS) is 12.5. The Kier molecular flexibility index (Phi) is 8.47. The minimum atomic E-state index is -3.78. The van der Waals surface area contributed by atoms with E-state index in [0.717, 1.165) is 11.1 Å². The van der Waals surface area contributed by atoms with Crippen molar-refractivity contribution in [2.24, 2.45) is 0 Å². The molecule has 8 heteroatoms. The van der Waals surface area contributed by atoms with Gasteiger partial charge in [0, 0.05) is 13.1 Å². The Morgan fingerprint density at radius 2 is 1.61 bits per heavy atom. The molecule has 2 N–H and O–H groups in total. The third-order valence-corrected chi connectivity index (χ3v) is 6.50. The Balaban J connectivity index is 1.87. The van der Waals surface area contributed by atoms with Gasteiger partial charge in [0.25, 0.3) is 5.91 Å². The molecule has 0 saturated carbocycles. The molecule has 0 bridgehead atoms. The van der Waals surface area contributed by atoms with Gasteiger partial charge in [-0.3, -0.25) is 4.79 Å². The number of amides is 1. The van der Waals surface area contributed by atoms with Crippen LogP contribution in [0.1, 0.15) is 43.4 Å². The molecule has 0 saturated heterocycles. The van der Waals surface area contributed by atoms with Crippen molar-refractivity contribution in [3.05, 3.63) is 53.1 Å². The number of ether oxygens (including phenoxy) is 2. The number of hydrogen-bond acceptors (Lipinski definition) is 5. The molecule has 0 aliphatic heterocycles. The molecule has 0 aliphatic rings. The van der Waals surface area contributed by atoms with Gasteiger partial charge in [-0.15, -0.1) is 0 Å². The van der Waals surface area contributed by atoms with E-state index in [1.54, 1.807) is 19.1 Å². The summed E-state index contributed by atoms with van der Waals surface area (Å²) in [6, 6.07) is 10.9. The Bertz CT molecular complexity index is 1000. The van der Waals surface area contributed by atoms with Crippen LogP contribution in [0, 0.1) is 13.8 Å². The third kappa shape index (κ3) is 6.70. The second-order valence-corrected chi connectivity index (χ2v) is 9.50. The zero-order valence-electron chi connectivity index (χ0n) is 19.0. The number of sulfonamides is 1. The summed E-state index contributed by atoms with van der Waals surface area (Å²) in [6.45, 7) is 9.76. The number of rotatable bonds is 10. The van der Waals surface area contributed by atoms with E-state index >= 15 is 0 Å². The SMILES string of the molecule is COc1cc(C)c(C)cc1S(=O)(=O)NCCNC(=O)C(C)Oc1ccc(C(C)C)cc1. The van der Waals surface area contributed by atoms with Gasteiger partial charge >= 0.3 is 0 Å². The molecule has 1 unspecified atom stereocenters. The smallest absolute Gasteiger partial charge is 0.260 e. The second kappa shape index (κ2) is 10.6. The molecule has 0 aromatic heterocycles. The van der Waals surface area contributed by atoms with Crippen molar-refractivity contribution >= 4 is 15.9 Å². The molecular weight excluding hydrogens is 416 g/mol. The maximum atomic E-state index is 12.6. The lowest BCUT2D eigenvalue weighted by Gasteiger charge is -2.16. The number of nitrogens with one attached hydrogen (secondary N) is 2. The van der Waals surface area contributed by atoms with Gasteiger partial charge in [-0.2, -0.15) is 0 Å². The van der Waals surface area contributed by atoms with Crippen LogP contribution in [0.4, 0.5) is 0 Å². The van der Waals surface area contributed by atoms with Crippen molar-refractivity contribution in [1.82, 2.24) is 10.0 Å². The van der Waals surface area contributed by atoms with Crippen LogP contribution < -0.4 is 19.5 Å². The van der Waals surface area contributed by atoms with Gasteiger partial charge in [0.15, 0.2) is 6.10 Å². The molecule has 0 heterocycles. The number of carbonyl (C=O) groups is 1. The maximum absolute atomic E-state index is 12.6. The molecule has 170 valence electrons. The van der Waals surface area contributed by atoms with Gasteiger partial charge < -0.3 is 14.8 Å². The van der Waals surface area contributed by atoms with E-state index in [1.807, 2.05) is 38.1 Å². The van der Waals surface area contributed by atoms with Crippen LogP contribution in [-0.2, 0) is 14.8 Å². The van der Waals surface area contributed by atoms with Crippen molar-refractivity contribution in [1.29, 1.82) is 0 Å². The van der Waals surface area contributed by atoms with Crippen molar-refractivity contribution in [2.75, 3.05) is 20.2 Å². The van der Waals surface area contributed by atoms with Crippen LogP contribution in [0.25, 0.3) is 0 Å². The lowest BCUT2D eigenvalue weighted by molar-refractivity contribution is -0.127. The molecule has 31 heavy (non-hydrogen) atoms. The van der Waals surface area contributed by atoms with Gasteiger partial charge in [-0.1, -0.05) is 26.0 Å². The number of hydrogen-bond donors (Lipinski definition) is 2. The minimum absolute atomic E-state index is 0.0416. The lowest BCUT2D eigenvalue weighted by Crippen LogP contribution is -2.40. The van der Waals surface area contributed by atoms with E-state index in [1.165, 1.54) is 12.7 Å². The Hall–Kier alpha value is -2.58. The van der Waals surface area contributed by atoms with Crippen LogP contribution in [0.5, 0.6) is 11.5 Å². The number of methoxy groups -OCH3 is 1. The molecule has 0 radical (unpaired) electrons. The average Bonchev–Trinajstić information content (AvgIpc) is 2.72. The van der Waals surface area contributed by atoms with Crippen LogP contribution in [0.3, 0.4) is 0 Å². The summed E-state index contributed by atoms with van der Waals surface area (Å²) < 4.78 is 38.7. The second-order valence-electron chi connectivity index (χ2n) is 7.76. The van der Waals surface area contributed by atoms with Crippen molar-refractivity contribution in [3.8, 4) is 11.5 Å². The van der Waals surface area contributed by atoms with Crippen molar-refractivity contribution in [3.63, 3.8) is 0 Å². The third-order valence-electron chi connectivity index (χ3n) is 5.01. The molecule has 7 nitrogen and oxygen atoms in total. The fourth-order valence-corrected chi connectivity index (χ4v) is 4.18. The molecular formula is C23H32N2O5S. The minimum Gasteiger partial charge on any atom is -0.495 e. The summed E-state index contributed by atoms with van der Waals surface area (Å²) in [5.74, 6) is 0.984. The van der Waals surface area contributed by atoms with Crippen LogP contribution in [0.15, 0.2) is 41.3 Å². The number of carbonyl (C=O) groups excluding carboxylic acids is 1. The van der Waals surface area contributed by atoms with Gasteiger partial charge in [-0.05, 0) is 67.6 Å². The van der Waals surface area contributed by atoms with E-state index in [0.29, 0.717) is 11.7 Å². The molecule has 0 aliphatic carbocycles. The van der Waals surface area contributed by atoms with Gasteiger partial charge in [0.2, 0.25) is 10.0 Å². The van der Waals surface area contributed by atoms with E-state index in [4.69, 9.17) is 9.47 Å². The van der Waals surface area contributed by atoms with Crippen LogP contribution in [0.2, 0.25) is 0 Å². The van der Waals surface area contributed by atoms with Gasteiger partial charge in [-0.25, -0.2) is 13.1 Å². The van der Waals surface area contributed by atoms with Crippen LogP contribution >= 0.6 is 0 Å². The first-order valence-electron chi connectivity index (χ1n) is 10.2. The molecule has 1 amide bonds. The predicted molar refractivity (Wildman–Crippen MR) is 121 cm³/mol. The monoisotopic (exact) mass is 448 g/mol. The highest BCUT2D eigenvalue weighted by Gasteiger charge is 2.21. The summed E-state index contributed by atoms with van der Waals surface area (Å²) in [4.78, 5) is 12.3. The molecule has 0 spiro atoms. The Labute approximate surface area is 185 Å². The predicted octanol–water partition coefficient (Wildman–Crippen LogP) is 3.30. The summed E-state index contributed by atoms with van der Waals surface area (Å²) in [7, 11) is -2.35. The quantitative estimate of drug-likeness (QED) is 0.544. The average molecular weight is 449 g/mol. The van der Waals surface area contributed by atoms with E-state index in [9.17, 15) is 13.2 Å². The van der Waals surface area contributed by atoms with Crippen molar-refractivity contribution in [2.45, 2.75) is 51.5 Å².